The molecular weight excluding hydrogens is 206 g/mol. The SMILES string of the molecule is CCn1cnnc1CNCC(=O)NC1CC1. The molecule has 0 aliphatic heterocycles. The second-order valence-corrected chi connectivity index (χ2v) is 3.98. The molecule has 0 bridgehead atoms. The molecule has 1 aliphatic rings. The molecule has 2 N–H and O–H groups in total. The zero-order chi connectivity index (χ0) is 11.4. The minimum Gasteiger partial charge on any atom is -0.352 e. The highest BCUT2D eigenvalue weighted by atomic mass is 16.2. The minimum absolute atomic E-state index is 0.0602. The fourth-order valence-electron chi connectivity index (χ4n) is 1.47. The Kier molecular flexibility index (Phi) is 3.51. The number of nitrogens with one attached hydrogen (secondary N) is 2. The van der Waals surface area contributed by atoms with Crippen molar-refractivity contribution >= 4 is 5.91 Å². The number of amides is 1. The van der Waals surface area contributed by atoms with Gasteiger partial charge in [-0.1, -0.05) is 0 Å². The predicted octanol–water partition coefficient (Wildman–Crippen LogP) is -0.334. The molecule has 1 aromatic rings. The third kappa shape index (κ3) is 3.03. The number of rotatable bonds is 6. The summed E-state index contributed by atoms with van der Waals surface area (Å²) >= 11 is 0. The third-order valence-corrected chi connectivity index (χ3v) is 2.55. The topological polar surface area (TPSA) is 71.8 Å². The Bertz CT molecular complexity index is 358. The van der Waals surface area contributed by atoms with Gasteiger partial charge >= 0.3 is 0 Å². The number of aryl methyl sites for hydroxylation is 1. The van der Waals surface area contributed by atoms with E-state index in [0.717, 1.165) is 25.2 Å². The summed E-state index contributed by atoms with van der Waals surface area (Å²) < 4.78 is 1.95. The number of aromatic nitrogens is 3. The molecule has 6 nitrogen and oxygen atoms in total. The largest absolute Gasteiger partial charge is 0.352 e. The van der Waals surface area contributed by atoms with E-state index in [2.05, 4.69) is 20.8 Å². The number of hydrogen-bond acceptors (Lipinski definition) is 4. The molecule has 0 radical (unpaired) electrons. The van der Waals surface area contributed by atoms with Crippen molar-refractivity contribution in [3.8, 4) is 0 Å². The first-order valence-corrected chi connectivity index (χ1v) is 5.66. The molecule has 1 fully saturated rings. The van der Waals surface area contributed by atoms with Gasteiger partial charge in [-0.25, -0.2) is 0 Å². The van der Waals surface area contributed by atoms with Gasteiger partial charge in [0.05, 0.1) is 13.1 Å². The van der Waals surface area contributed by atoms with Gasteiger partial charge in [-0.2, -0.15) is 0 Å². The van der Waals surface area contributed by atoms with Crippen LogP contribution in [0.15, 0.2) is 6.33 Å². The highest BCUT2D eigenvalue weighted by Crippen LogP contribution is 2.18. The Morgan fingerprint density at radius 2 is 2.44 bits per heavy atom. The van der Waals surface area contributed by atoms with Gasteiger partial charge in [0, 0.05) is 12.6 Å². The molecule has 1 saturated carbocycles. The van der Waals surface area contributed by atoms with E-state index in [-0.39, 0.29) is 5.91 Å². The van der Waals surface area contributed by atoms with Crippen LogP contribution in [0.4, 0.5) is 0 Å². The highest BCUT2D eigenvalue weighted by molar-refractivity contribution is 5.78. The molecule has 88 valence electrons. The average Bonchev–Trinajstić information content (AvgIpc) is 2.96. The minimum atomic E-state index is 0.0602. The van der Waals surface area contributed by atoms with Crippen LogP contribution in [0.25, 0.3) is 0 Å². The Hall–Kier alpha value is -1.43. The highest BCUT2D eigenvalue weighted by Gasteiger charge is 2.22. The maximum absolute atomic E-state index is 11.4. The quantitative estimate of drug-likeness (QED) is 0.692. The fourth-order valence-corrected chi connectivity index (χ4v) is 1.47. The summed E-state index contributed by atoms with van der Waals surface area (Å²) in [7, 11) is 0. The van der Waals surface area contributed by atoms with Gasteiger partial charge in [0.25, 0.3) is 0 Å². The summed E-state index contributed by atoms with van der Waals surface area (Å²) in [5.74, 6) is 0.923. The molecule has 6 heteroatoms. The number of carbonyl (C=O) groups excluding carboxylic acids is 1. The van der Waals surface area contributed by atoms with E-state index in [9.17, 15) is 4.79 Å². The van der Waals surface area contributed by atoms with Gasteiger partial charge in [0.2, 0.25) is 5.91 Å². The summed E-state index contributed by atoms with van der Waals surface area (Å²) in [5.41, 5.74) is 0. The lowest BCUT2D eigenvalue weighted by Crippen LogP contribution is -2.35. The first kappa shape index (κ1) is 11.1. The maximum Gasteiger partial charge on any atom is 0.234 e. The normalized spacial score (nSPS) is 15.1. The van der Waals surface area contributed by atoms with Gasteiger partial charge < -0.3 is 15.2 Å². The molecule has 2 rings (SSSR count). The molecule has 1 aliphatic carbocycles. The predicted molar refractivity (Wildman–Crippen MR) is 58.6 cm³/mol. The monoisotopic (exact) mass is 223 g/mol. The lowest BCUT2D eigenvalue weighted by molar-refractivity contribution is -0.120. The van der Waals surface area contributed by atoms with Crippen LogP contribution in [0.1, 0.15) is 25.6 Å². The summed E-state index contributed by atoms with van der Waals surface area (Å²) in [4.78, 5) is 11.4. The zero-order valence-electron chi connectivity index (χ0n) is 9.44. The number of hydrogen-bond donors (Lipinski definition) is 2. The molecule has 1 amide bonds. The Morgan fingerprint density at radius 1 is 1.62 bits per heavy atom. The van der Waals surface area contributed by atoms with Crippen molar-refractivity contribution in [3.05, 3.63) is 12.2 Å². The standard InChI is InChI=1S/C10H17N5O/c1-2-15-7-12-14-9(15)5-11-6-10(16)13-8-3-4-8/h7-8,11H,2-6H2,1H3,(H,13,16). The molecule has 16 heavy (non-hydrogen) atoms. The summed E-state index contributed by atoms with van der Waals surface area (Å²) in [6.07, 6.45) is 3.94. The van der Waals surface area contributed by atoms with E-state index in [1.165, 1.54) is 0 Å². The summed E-state index contributed by atoms with van der Waals surface area (Å²) in [6.45, 7) is 3.80. The Morgan fingerprint density at radius 3 is 3.12 bits per heavy atom. The molecule has 0 unspecified atom stereocenters. The van der Waals surface area contributed by atoms with Gasteiger partial charge in [-0.05, 0) is 19.8 Å². The first-order valence-electron chi connectivity index (χ1n) is 5.66. The second-order valence-electron chi connectivity index (χ2n) is 3.98. The van der Waals surface area contributed by atoms with Crippen molar-refractivity contribution < 1.29 is 4.79 Å². The third-order valence-electron chi connectivity index (χ3n) is 2.55. The molecule has 0 saturated heterocycles. The smallest absolute Gasteiger partial charge is 0.234 e. The molecule has 0 aromatic carbocycles. The van der Waals surface area contributed by atoms with Crippen molar-refractivity contribution in [1.29, 1.82) is 0 Å². The van der Waals surface area contributed by atoms with Crippen LogP contribution in [-0.2, 0) is 17.9 Å². The van der Waals surface area contributed by atoms with Gasteiger partial charge in [-0.15, -0.1) is 10.2 Å². The van der Waals surface area contributed by atoms with Crippen LogP contribution in [0.3, 0.4) is 0 Å². The van der Waals surface area contributed by atoms with Crippen LogP contribution in [0.2, 0.25) is 0 Å². The van der Waals surface area contributed by atoms with E-state index >= 15 is 0 Å². The van der Waals surface area contributed by atoms with Gasteiger partial charge in [-0.3, -0.25) is 4.79 Å². The van der Waals surface area contributed by atoms with Crippen molar-refractivity contribution in [2.24, 2.45) is 0 Å². The summed E-state index contributed by atoms with van der Waals surface area (Å²) in [6, 6.07) is 0.425. The molecule has 0 spiro atoms. The van der Waals surface area contributed by atoms with E-state index in [0.29, 0.717) is 19.1 Å². The number of carbonyl (C=O) groups is 1. The summed E-state index contributed by atoms with van der Waals surface area (Å²) in [5, 5.41) is 13.8. The molecular formula is C10H17N5O. The first-order chi connectivity index (χ1) is 7.79. The van der Waals surface area contributed by atoms with E-state index < -0.39 is 0 Å². The van der Waals surface area contributed by atoms with Crippen LogP contribution >= 0.6 is 0 Å². The lowest BCUT2D eigenvalue weighted by atomic mass is 10.5. The Labute approximate surface area is 94.4 Å². The van der Waals surface area contributed by atoms with E-state index in [1.807, 2.05) is 11.5 Å². The Balaban J connectivity index is 1.68. The van der Waals surface area contributed by atoms with Crippen LogP contribution in [0.5, 0.6) is 0 Å². The van der Waals surface area contributed by atoms with E-state index in [1.54, 1.807) is 6.33 Å². The lowest BCUT2D eigenvalue weighted by Gasteiger charge is -2.06. The van der Waals surface area contributed by atoms with Crippen LogP contribution < -0.4 is 10.6 Å². The van der Waals surface area contributed by atoms with Crippen LogP contribution in [0, 0.1) is 0 Å². The van der Waals surface area contributed by atoms with E-state index in [4.69, 9.17) is 0 Å². The van der Waals surface area contributed by atoms with Crippen molar-refractivity contribution in [1.82, 2.24) is 25.4 Å². The van der Waals surface area contributed by atoms with Crippen molar-refractivity contribution in [2.45, 2.75) is 38.9 Å². The molecule has 1 heterocycles. The zero-order valence-corrected chi connectivity index (χ0v) is 9.44. The maximum atomic E-state index is 11.4. The van der Waals surface area contributed by atoms with Gasteiger partial charge in [0.15, 0.2) is 0 Å². The van der Waals surface area contributed by atoms with Gasteiger partial charge in [0.1, 0.15) is 12.2 Å². The fraction of sp³-hybridized carbons (Fsp3) is 0.700. The molecule has 0 atom stereocenters. The van der Waals surface area contributed by atoms with Crippen molar-refractivity contribution in [3.63, 3.8) is 0 Å². The van der Waals surface area contributed by atoms with Crippen LogP contribution in [-0.4, -0.2) is 33.3 Å². The number of nitrogens with zero attached hydrogens (tertiary/aromatic N) is 3. The average molecular weight is 223 g/mol. The second kappa shape index (κ2) is 5.07. The molecule has 1 aromatic heterocycles. The van der Waals surface area contributed by atoms with Crippen molar-refractivity contribution in [2.75, 3.05) is 6.54 Å².